The minimum atomic E-state index is 0.208. The summed E-state index contributed by atoms with van der Waals surface area (Å²) in [5.74, 6) is 0.824. The number of nitrogens with one attached hydrogen (secondary N) is 2. The molecular formula is C13H11N3O2. The van der Waals surface area contributed by atoms with E-state index in [0.29, 0.717) is 11.5 Å². The van der Waals surface area contributed by atoms with Crippen LogP contribution < -0.4 is 0 Å². The van der Waals surface area contributed by atoms with Crippen LogP contribution in [0.2, 0.25) is 0 Å². The Kier molecular flexibility index (Phi) is 2.19. The normalized spacial score (nSPS) is 10.9. The van der Waals surface area contributed by atoms with E-state index < -0.39 is 0 Å². The zero-order chi connectivity index (χ0) is 12.7. The van der Waals surface area contributed by atoms with Gasteiger partial charge < -0.3 is 15.1 Å². The van der Waals surface area contributed by atoms with Gasteiger partial charge >= 0.3 is 0 Å². The maximum Gasteiger partial charge on any atom is 0.170 e. The van der Waals surface area contributed by atoms with Gasteiger partial charge in [0.1, 0.15) is 11.4 Å². The minimum absolute atomic E-state index is 0.208. The summed E-state index contributed by atoms with van der Waals surface area (Å²) in [4.78, 5) is 21.2. The van der Waals surface area contributed by atoms with E-state index in [4.69, 9.17) is 0 Å². The number of H-pyrrole nitrogens is 2. The van der Waals surface area contributed by atoms with Crippen LogP contribution in [0, 0.1) is 6.92 Å². The number of aldehydes is 1. The van der Waals surface area contributed by atoms with Crippen LogP contribution in [-0.2, 0) is 0 Å². The molecule has 0 saturated heterocycles. The number of fused-ring (bicyclic) bond motifs is 1. The van der Waals surface area contributed by atoms with Crippen molar-refractivity contribution in [1.82, 2.24) is 15.0 Å². The van der Waals surface area contributed by atoms with Gasteiger partial charge in [0.05, 0.1) is 5.69 Å². The van der Waals surface area contributed by atoms with Gasteiger partial charge in [0, 0.05) is 22.7 Å². The number of aromatic nitrogens is 3. The standard InChI is InChI=1S/C13H11N3O2/c1-7-12(6-17)16-13(14-7)11-4-8-2-3-9(18)5-10(8)15-11/h2-6,15,18H,1H3,(H,14,16). The second-order valence-electron chi connectivity index (χ2n) is 4.17. The Morgan fingerprint density at radius 3 is 2.83 bits per heavy atom. The lowest BCUT2D eigenvalue weighted by Gasteiger charge is -1.90. The number of aromatic hydroxyl groups is 1. The number of hydrogen-bond donors (Lipinski definition) is 3. The van der Waals surface area contributed by atoms with E-state index in [9.17, 15) is 9.90 Å². The number of aryl methyl sites for hydroxylation is 1. The Morgan fingerprint density at radius 1 is 1.28 bits per heavy atom. The van der Waals surface area contributed by atoms with E-state index in [-0.39, 0.29) is 5.75 Å². The number of phenolic OH excluding ortho intramolecular Hbond substituents is 1. The third kappa shape index (κ3) is 1.57. The van der Waals surface area contributed by atoms with Gasteiger partial charge in [-0.25, -0.2) is 4.98 Å². The number of hydrogen-bond acceptors (Lipinski definition) is 3. The number of nitrogens with zero attached hydrogens (tertiary/aromatic N) is 1. The fraction of sp³-hybridized carbons (Fsp3) is 0.0769. The second kappa shape index (κ2) is 3.73. The molecule has 2 heterocycles. The Balaban J connectivity index is 2.15. The van der Waals surface area contributed by atoms with E-state index in [2.05, 4.69) is 15.0 Å². The maximum atomic E-state index is 10.8. The minimum Gasteiger partial charge on any atom is -0.508 e. The average Bonchev–Trinajstić information content (AvgIpc) is 2.91. The van der Waals surface area contributed by atoms with Crippen LogP contribution in [0.3, 0.4) is 0 Å². The van der Waals surface area contributed by atoms with Gasteiger partial charge in [-0.3, -0.25) is 4.79 Å². The molecule has 0 amide bonds. The Hall–Kier alpha value is -2.56. The maximum absolute atomic E-state index is 10.8. The number of imidazole rings is 1. The van der Waals surface area contributed by atoms with Crippen molar-refractivity contribution >= 4 is 17.2 Å². The van der Waals surface area contributed by atoms with Crippen LogP contribution in [-0.4, -0.2) is 26.3 Å². The molecule has 0 atom stereocenters. The number of rotatable bonds is 2. The SMILES string of the molecule is Cc1[nH]c(-c2cc3ccc(O)cc3[nH]2)nc1C=O. The molecule has 3 rings (SSSR count). The summed E-state index contributed by atoms with van der Waals surface area (Å²) in [5.41, 5.74) is 2.76. The summed E-state index contributed by atoms with van der Waals surface area (Å²) < 4.78 is 0. The Bertz CT molecular complexity index is 740. The molecule has 0 saturated carbocycles. The fourth-order valence-electron chi connectivity index (χ4n) is 1.96. The molecule has 2 aromatic heterocycles. The fourth-order valence-corrected chi connectivity index (χ4v) is 1.96. The molecule has 5 heteroatoms. The number of benzene rings is 1. The predicted molar refractivity (Wildman–Crippen MR) is 67.7 cm³/mol. The Labute approximate surface area is 102 Å². The highest BCUT2D eigenvalue weighted by Crippen LogP contribution is 2.25. The molecule has 0 unspecified atom stereocenters. The van der Waals surface area contributed by atoms with E-state index in [0.717, 1.165) is 28.6 Å². The third-order valence-corrected chi connectivity index (χ3v) is 2.90. The Morgan fingerprint density at radius 2 is 2.11 bits per heavy atom. The molecule has 0 aliphatic heterocycles. The van der Waals surface area contributed by atoms with Crippen molar-refractivity contribution < 1.29 is 9.90 Å². The van der Waals surface area contributed by atoms with Crippen LogP contribution >= 0.6 is 0 Å². The van der Waals surface area contributed by atoms with Gasteiger partial charge in [0.25, 0.3) is 0 Å². The first-order chi connectivity index (χ1) is 8.67. The van der Waals surface area contributed by atoms with Gasteiger partial charge in [-0.1, -0.05) is 0 Å². The summed E-state index contributed by atoms with van der Waals surface area (Å²) in [5, 5.41) is 10.4. The van der Waals surface area contributed by atoms with E-state index in [1.807, 2.05) is 12.1 Å². The van der Waals surface area contributed by atoms with Crippen molar-refractivity contribution in [3.8, 4) is 17.3 Å². The van der Waals surface area contributed by atoms with Gasteiger partial charge in [-0.15, -0.1) is 0 Å². The van der Waals surface area contributed by atoms with Crippen molar-refractivity contribution in [2.75, 3.05) is 0 Å². The molecule has 0 aliphatic carbocycles. The first-order valence-electron chi connectivity index (χ1n) is 5.51. The highest BCUT2D eigenvalue weighted by molar-refractivity contribution is 5.86. The molecule has 0 aliphatic rings. The lowest BCUT2D eigenvalue weighted by Crippen LogP contribution is -1.82. The molecule has 0 bridgehead atoms. The molecular weight excluding hydrogens is 230 g/mol. The van der Waals surface area contributed by atoms with Gasteiger partial charge in [-0.05, 0) is 25.1 Å². The summed E-state index contributed by atoms with van der Waals surface area (Å²) in [6, 6.07) is 7.02. The first-order valence-corrected chi connectivity index (χ1v) is 5.51. The third-order valence-electron chi connectivity index (χ3n) is 2.90. The van der Waals surface area contributed by atoms with E-state index in [1.165, 1.54) is 0 Å². The van der Waals surface area contributed by atoms with Crippen LogP contribution in [0.5, 0.6) is 5.75 Å². The molecule has 18 heavy (non-hydrogen) atoms. The number of aromatic amines is 2. The smallest absolute Gasteiger partial charge is 0.170 e. The summed E-state index contributed by atoms with van der Waals surface area (Å²) in [7, 11) is 0. The van der Waals surface area contributed by atoms with Crippen LogP contribution in [0.15, 0.2) is 24.3 Å². The number of phenols is 1. The van der Waals surface area contributed by atoms with Crippen LogP contribution in [0.1, 0.15) is 16.2 Å². The van der Waals surface area contributed by atoms with Crippen molar-refractivity contribution in [3.05, 3.63) is 35.7 Å². The molecule has 0 spiro atoms. The van der Waals surface area contributed by atoms with Gasteiger partial charge in [0.15, 0.2) is 12.1 Å². The lowest BCUT2D eigenvalue weighted by atomic mass is 10.2. The molecule has 0 radical (unpaired) electrons. The van der Waals surface area contributed by atoms with Crippen molar-refractivity contribution in [1.29, 1.82) is 0 Å². The average molecular weight is 241 g/mol. The lowest BCUT2D eigenvalue weighted by molar-refractivity contribution is 0.111. The second-order valence-corrected chi connectivity index (χ2v) is 4.17. The largest absolute Gasteiger partial charge is 0.508 e. The first kappa shape index (κ1) is 10.6. The summed E-state index contributed by atoms with van der Waals surface area (Å²) in [6.07, 6.45) is 0.726. The van der Waals surface area contributed by atoms with Crippen molar-refractivity contribution in [2.24, 2.45) is 0 Å². The molecule has 90 valence electrons. The highest BCUT2D eigenvalue weighted by atomic mass is 16.3. The van der Waals surface area contributed by atoms with E-state index in [1.54, 1.807) is 19.1 Å². The van der Waals surface area contributed by atoms with Crippen molar-refractivity contribution in [3.63, 3.8) is 0 Å². The monoisotopic (exact) mass is 241 g/mol. The van der Waals surface area contributed by atoms with Crippen LogP contribution in [0.25, 0.3) is 22.4 Å². The summed E-state index contributed by atoms with van der Waals surface area (Å²) >= 11 is 0. The van der Waals surface area contributed by atoms with Crippen molar-refractivity contribution in [2.45, 2.75) is 6.92 Å². The van der Waals surface area contributed by atoms with E-state index >= 15 is 0 Å². The van der Waals surface area contributed by atoms with Gasteiger partial charge in [0.2, 0.25) is 0 Å². The predicted octanol–water partition coefficient (Wildman–Crippen LogP) is 2.38. The number of carbonyl (C=O) groups excluding carboxylic acids is 1. The number of carbonyl (C=O) groups is 1. The van der Waals surface area contributed by atoms with Crippen LogP contribution in [0.4, 0.5) is 0 Å². The molecule has 3 aromatic rings. The summed E-state index contributed by atoms with van der Waals surface area (Å²) in [6.45, 7) is 1.80. The zero-order valence-corrected chi connectivity index (χ0v) is 9.69. The topological polar surface area (TPSA) is 81.8 Å². The quantitative estimate of drug-likeness (QED) is 0.602. The zero-order valence-electron chi connectivity index (χ0n) is 9.69. The molecule has 5 nitrogen and oxygen atoms in total. The van der Waals surface area contributed by atoms with Gasteiger partial charge in [-0.2, -0.15) is 0 Å². The molecule has 1 aromatic carbocycles. The molecule has 3 N–H and O–H groups in total. The molecule has 0 fully saturated rings. The highest BCUT2D eigenvalue weighted by Gasteiger charge is 2.10.